The van der Waals surface area contributed by atoms with Gasteiger partial charge in [0.25, 0.3) is 0 Å². The van der Waals surface area contributed by atoms with Gasteiger partial charge in [0.15, 0.2) is 0 Å². The molecule has 19 heavy (non-hydrogen) atoms. The Hall–Kier alpha value is -0.580. The Morgan fingerprint density at radius 1 is 1.37 bits per heavy atom. The predicted molar refractivity (Wildman–Crippen MR) is 83.2 cm³/mol. The molecule has 1 aromatic carbocycles. The molecule has 0 aliphatic heterocycles. The Morgan fingerprint density at radius 2 is 2.11 bits per heavy atom. The van der Waals surface area contributed by atoms with Crippen molar-refractivity contribution in [2.45, 2.75) is 38.3 Å². The van der Waals surface area contributed by atoms with Gasteiger partial charge in [-0.1, -0.05) is 40.5 Å². The molecule has 5 heteroatoms. The van der Waals surface area contributed by atoms with Crippen molar-refractivity contribution in [3.63, 3.8) is 0 Å². The average Bonchev–Trinajstić information content (AvgIpc) is 2.37. The topological polar surface area (TPSA) is 55.1 Å². The number of carbonyl (C=O) groups excluding carboxylic acids is 1. The van der Waals surface area contributed by atoms with Gasteiger partial charge in [0.2, 0.25) is 5.91 Å². The molecule has 0 radical (unpaired) electrons. The molecule has 1 amide bonds. The Morgan fingerprint density at radius 3 is 2.79 bits per heavy atom. The van der Waals surface area contributed by atoms with Crippen LogP contribution < -0.4 is 11.1 Å². The number of amides is 1. The van der Waals surface area contributed by atoms with Gasteiger partial charge >= 0.3 is 0 Å². The van der Waals surface area contributed by atoms with Crippen LogP contribution in [0.5, 0.6) is 0 Å². The highest BCUT2D eigenvalue weighted by Gasteiger charge is 2.24. The molecule has 1 saturated carbocycles. The Labute approximate surface area is 128 Å². The lowest BCUT2D eigenvalue weighted by Gasteiger charge is -2.25. The third kappa shape index (κ3) is 4.79. The fraction of sp³-hybridized carbons (Fsp3) is 0.500. The highest BCUT2D eigenvalue weighted by atomic mass is 79.9. The maximum absolute atomic E-state index is 12.0. The summed E-state index contributed by atoms with van der Waals surface area (Å²) in [6, 6.07) is 8.13. The molecule has 0 heterocycles. The molecule has 2 atom stereocenters. The number of carbonyl (C=O) groups is 1. The van der Waals surface area contributed by atoms with E-state index in [0.29, 0.717) is 6.54 Å². The molecule has 1 fully saturated rings. The van der Waals surface area contributed by atoms with Crippen molar-refractivity contribution in [3.8, 4) is 0 Å². The van der Waals surface area contributed by atoms with Crippen LogP contribution in [0.1, 0.15) is 31.2 Å². The smallest absolute Gasteiger partial charge is 0.223 e. The molecule has 0 saturated heterocycles. The number of nitrogens with two attached hydrogens (primary N) is 1. The second-order valence-electron chi connectivity index (χ2n) is 4.93. The van der Waals surface area contributed by atoms with Gasteiger partial charge in [-0.25, -0.2) is 0 Å². The van der Waals surface area contributed by atoms with Gasteiger partial charge in [0, 0.05) is 23.0 Å². The number of benzene rings is 1. The van der Waals surface area contributed by atoms with Gasteiger partial charge in [-0.15, -0.1) is 12.4 Å². The molecule has 0 spiro atoms. The van der Waals surface area contributed by atoms with E-state index in [2.05, 4.69) is 21.2 Å². The fourth-order valence-electron chi connectivity index (χ4n) is 2.43. The van der Waals surface area contributed by atoms with Crippen LogP contribution in [0.4, 0.5) is 0 Å². The van der Waals surface area contributed by atoms with Crippen molar-refractivity contribution in [3.05, 3.63) is 34.3 Å². The van der Waals surface area contributed by atoms with E-state index < -0.39 is 0 Å². The first-order valence-corrected chi connectivity index (χ1v) is 7.23. The van der Waals surface area contributed by atoms with Crippen molar-refractivity contribution in [1.29, 1.82) is 0 Å². The van der Waals surface area contributed by atoms with E-state index in [9.17, 15) is 4.79 Å². The van der Waals surface area contributed by atoms with Crippen LogP contribution in [0.25, 0.3) is 0 Å². The molecule has 2 rings (SSSR count). The summed E-state index contributed by atoms with van der Waals surface area (Å²) in [7, 11) is 0. The largest absolute Gasteiger partial charge is 0.352 e. The monoisotopic (exact) mass is 346 g/mol. The first kappa shape index (κ1) is 16.5. The molecule has 2 unspecified atom stereocenters. The standard InChI is InChI=1S/C14H19BrN2O.ClH/c15-13-7-2-1-4-11(13)9-17-14(18)10-5-3-6-12(16)8-10;/h1-2,4,7,10,12H,3,5-6,8-9,16H2,(H,17,18);1H. The molecule has 0 aromatic heterocycles. The van der Waals surface area contributed by atoms with E-state index in [-0.39, 0.29) is 30.3 Å². The van der Waals surface area contributed by atoms with E-state index in [1.807, 2.05) is 24.3 Å². The molecular weight excluding hydrogens is 328 g/mol. The normalized spacial score (nSPS) is 22.4. The highest BCUT2D eigenvalue weighted by Crippen LogP contribution is 2.23. The molecule has 1 aromatic rings. The predicted octanol–water partition coefficient (Wildman–Crippen LogP) is 3.00. The molecule has 0 bridgehead atoms. The number of nitrogens with one attached hydrogen (secondary N) is 1. The van der Waals surface area contributed by atoms with Crippen molar-refractivity contribution in [2.24, 2.45) is 11.7 Å². The Bertz CT molecular complexity index is 428. The van der Waals surface area contributed by atoms with Crippen molar-refractivity contribution >= 4 is 34.2 Å². The first-order chi connectivity index (χ1) is 8.66. The van der Waals surface area contributed by atoms with Gasteiger partial charge in [-0.3, -0.25) is 4.79 Å². The van der Waals surface area contributed by atoms with E-state index in [0.717, 1.165) is 35.7 Å². The van der Waals surface area contributed by atoms with Crippen LogP contribution in [0, 0.1) is 5.92 Å². The molecular formula is C14H20BrClN2O. The van der Waals surface area contributed by atoms with E-state index in [4.69, 9.17) is 5.73 Å². The van der Waals surface area contributed by atoms with Crippen LogP contribution in [0.3, 0.4) is 0 Å². The van der Waals surface area contributed by atoms with Gasteiger partial charge in [0.1, 0.15) is 0 Å². The third-order valence-electron chi connectivity index (χ3n) is 3.50. The summed E-state index contributed by atoms with van der Waals surface area (Å²) in [5.74, 6) is 0.233. The van der Waals surface area contributed by atoms with E-state index in [1.165, 1.54) is 0 Å². The second-order valence-corrected chi connectivity index (χ2v) is 5.79. The van der Waals surface area contributed by atoms with Gasteiger partial charge in [-0.2, -0.15) is 0 Å². The average molecular weight is 348 g/mol. The number of hydrogen-bond acceptors (Lipinski definition) is 2. The third-order valence-corrected chi connectivity index (χ3v) is 4.27. The van der Waals surface area contributed by atoms with Crippen molar-refractivity contribution in [2.75, 3.05) is 0 Å². The summed E-state index contributed by atoms with van der Waals surface area (Å²) < 4.78 is 1.03. The molecule has 1 aliphatic rings. The number of rotatable bonds is 3. The summed E-state index contributed by atoms with van der Waals surface area (Å²) in [6.45, 7) is 0.575. The Balaban J connectivity index is 0.00000180. The van der Waals surface area contributed by atoms with E-state index >= 15 is 0 Å². The number of hydrogen-bond donors (Lipinski definition) is 2. The van der Waals surface area contributed by atoms with Crippen molar-refractivity contribution < 1.29 is 4.79 Å². The lowest BCUT2D eigenvalue weighted by molar-refractivity contribution is -0.126. The molecule has 3 nitrogen and oxygen atoms in total. The van der Waals surface area contributed by atoms with Crippen molar-refractivity contribution in [1.82, 2.24) is 5.32 Å². The summed E-state index contributed by atoms with van der Waals surface area (Å²) >= 11 is 3.48. The zero-order valence-corrected chi connectivity index (χ0v) is 13.2. The van der Waals surface area contributed by atoms with Crippen LogP contribution in [-0.4, -0.2) is 11.9 Å². The quantitative estimate of drug-likeness (QED) is 0.883. The SMILES string of the molecule is Cl.NC1CCCC(C(=O)NCc2ccccc2Br)C1. The van der Waals surface area contributed by atoms with Crippen LogP contribution in [0.15, 0.2) is 28.7 Å². The molecule has 3 N–H and O–H groups in total. The second kappa shape index (κ2) is 7.88. The minimum Gasteiger partial charge on any atom is -0.352 e. The van der Waals surface area contributed by atoms with Crippen LogP contribution in [0.2, 0.25) is 0 Å². The summed E-state index contributed by atoms with van der Waals surface area (Å²) in [5.41, 5.74) is 7.01. The first-order valence-electron chi connectivity index (χ1n) is 6.43. The van der Waals surface area contributed by atoms with Crippen LogP contribution in [-0.2, 0) is 11.3 Å². The lowest BCUT2D eigenvalue weighted by atomic mass is 9.85. The molecule has 1 aliphatic carbocycles. The zero-order valence-electron chi connectivity index (χ0n) is 10.8. The highest BCUT2D eigenvalue weighted by molar-refractivity contribution is 9.10. The number of halogens is 2. The maximum Gasteiger partial charge on any atom is 0.223 e. The maximum atomic E-state index is 12.0. The van der Waals surface area contributed by atoms with Gasteiger partial charge in [-0.05, 0) is 30.9 Å². The fourth-order valence-corrected chi connectivity index (χ4v) is 2.86. The van der Waals surface area contributed by atoms with Gasteiger partial charge in [0.05, 0.1) is 0 Å². The summed E-state index contributed by atoms with van der Waals surface area (Å²) in [5, 5.41) is 3.01. The summed E-state index contributed by atoms with van der Waals surface area (Å²) in [4.78, 5) is 12.0. The lowest BCUT2D eigenvalue weighted by Crippen LogP contribution is -2.37. The summed E-state index contributed by atoms with van der Waals surface area (Å²) in [6.07, 6.45) is 3.90. The minimum atomic E-state index is 0. The van der Waals surface area contributed by atoms with Crippen LogP contribution >= 0.6 is 28.3 Å². The Kier molecular flexibility index (Phi) is 6.83. The molecule has 106 valence electrons. The van der Waals surface area contributed by atoms with E-state index in [1.54, 1.807) is 0 Å². The zero-order chi connectivity index (χ0) is 13.0. The minimum absolute atomic E-state index is 0. The van der Waals surface area contributed by atoms with Gasteiger partial charge < -0.3 is 11.1 Å².